The van der Waals surface area contributed by atoms with Crippen LogP contribution in [-0.2, 0) is 0 Å². The molecule has 0 saturated carbocycles. The quantitative estimate of drug-likeness (QED) is 0.367. The third-order valence-electron chi connectivity index (χ3n) is 6.91. The van der Waals surface area contributed by atoms with E-state index >= 15 is 0 Å². The smallest absolute Gasteiger partial charge is 0.155 e. The van der Waals surface area contributed by atoms with E-state index in [1.54, 1.807) is 0 Å². The fourth-order valence-corrected chi connectivity index (χ4v) is 4.69. The molecule has 32 heavy (non-hydrogen) atoms. The van der Waals surface area contributed by atoms with Gasteiger partial charge in [-0.1, -0.05) is 89.4 Å². The van der Waals surface area contributed by atoms with Crippen molar-refractivity contribution in [3.8, 4) is 11.3 Å². The molecule has 1 atom stereocenters. The zero-order chi connectivity index (χ0) is 23.3. The molecule has 0 radical (unpaired) electrons. The molecule has 0 fully saturated rings. The number of allylic oxidation sites excluding steroid dienone is 2. The summed E-state index contributed by atoms with van der Waals surface area (Å²) in [5.41, 5.74) is 6.90. The highest BCUT2D eigenvalue weighted by molar-refractivity contribution is 6.33. The van der Waals surface area contributed by atoms with E-state index in [0.29, 0.717) is 16.9 Å². The average Bonchev–Trinajstić information content (AvgIpc) is 2.78. The zero-order valence-corrected chi connectivity index (χ0v) is 21.5. The molecule has 1 aliphatic carbocycles. The Bertz CT molecular complexity index is 965. The Kier molecular flexibility index (Phi) is 8.71. The fourth-order valence-electron chi connectivity index (χ4n) is 4.38. The van der Waals surface area contributed by atoms with E-state index in [1.807, 2.05) is 6.07 Å². The number of pyridine rings is 1. The standard InChI is InChI=1S/C29H39ClN2/c1-7-22(8-2)18-27(19(3)4)31-29-21(6)17-26(30)28(32-29)25-15-13-24(14-16-25)23-11-9-20(5)10-12-23/h11,13-17,19-20,22H,7-10,12,18H2,1-6H3/b31-27-. The van der Waals surface area contributed by atoms with Gasteiger partial charge < -0.3 is 0 Å². The molecule has 172 valence electrons. The van der Waals surface area contributed by atoms with Crippen molar-refractivity contribution in [2.45, 2.75) is 80.1 Å². The first-order valence-corrected chi connectivity index (χ1v) is 12.7. The molecule has 0 spiro atoms. The molecule has 0 aliphatic heterocycles. The van der Waals surface area contributed by atoms with E-state index in [0.717, 1.165) is 41.4 Å². The molecule has 2 nitrogen and oxygen atoms in total. The number of nitrogens with zero attached hydrogens (tertiary/aromatic N) is 2. The van der Waals surface area contributed by atoms with Gasteiger partial charge in [0.2, 0.25) is 0 Å². The van der Waals surface area contributed by atoms with Crippen molar-refractivity contribution in [2.75, 3.05) is 0 Å². The second-order valence-corrected chi connectivity index (χ2v) is 10.2. The lowest BCUT2D eigenvalue weighted by Gasteiger charge is -2.19. The molecule has 0 bridgehead atoms. The summed E-state index contributed by atoms with van der Waals surface area (Å²) in [6.45, 7) is 13.4. The van der Waals surface area contributed by atoms with Crippen molar-refractivity contribution >= 4 is 28.7 Å². The van der Waals surface area contributed by atoms with Crippen LogP contribution < -0.4 is 0 Å². The van der Waals surface area contributed by atoms with Gasteiger partial charge in [-0.3, -0.25) is 0 Å². The number of rotatable bonds is 8. The fraction of sp³-hybridized carbons (Fsp3) is 0.517. The highest BCUT2D eigenvalue weighted by Crippen LogP contribution is 2.34. The summed E-state index contributed by atoms with van der Waals surface area (Å²) in [6, 6.07) is 10.7. The van der Waals surface area contributed by atoms with Crippen LogP contribution in [0.15, 0.2) is 41.4 Å². The molecule has 0 saturated heterocycles. The predicted molar refractivity (Wildman–Crippen MR) is 141 cm³/mol. The van der Waals surface area contributed by atoms with Crippen LogP contribution in [0.4, 0.5) is 5.82 Å². The van der Waals surface area contributed by atoms with Crippen molar-refractivity contribution in [2.24, 2.45) is 22.7 Å². The van der Waals surface area contributed by atoms with Crippen LogP contribution in [0, 0.1) is 24.7 Å². The van der Waals surface area contributed by atoms with Crippen molar-refractivity contribution in [3.05, 3.63) is 52.6 Å². The molecule has 2 aromatic rings. The maximum absolute atomic E-state index is 6.65. The van der Waals surface area contributed by atoms with Gasteiger partial charge in [-0.25, -0.2) is 9.98 Å². The van der Waals surface area contributed by atoms with Gasteiger partial charge in [0, 0.05) is 11.3 Å². The summed E-state index contributed by atoms with van der Waals surface area (Å²) in [6.07, 6.45) is 9.42. The lowest BCUT2D eigenvalue weighted by atomic mass is 9.87. The molecule has 1 unspecified atom stereocenters. The summed E-state index contributed by atoms with van der Waals surface area (Å²) in [5.74, 6) is 2.68. The first kappa shape index (κ1) is 24.7. The lowest BCUT2D eigenvalue weighted by Crippen LogP contribution is -2.13. The molecule has 0 amide bonds. The van der Waals surface area contributed by atoms with Gasteiger partial charge in [0.05, 0.1) is 10.7 Å². The van der Waals surface area contributed by atoms with Crippen LogP contribution in [0.2, 0.25) is 5.02 Å². The van der Waals surface area contributed by atoms with E-state index in [-0.39, 0.29) is 0 Å². The largest absolute Gasteiger partial charge is 0.238 e. The minimum absolute atomic E-state index is 0.404. The minimum Gasteiger partial charge on any atom is -0.238 e. The molecule has 1 aliphatic rings. The SMILES string of the molecule is CCC(CC)C/C(=N/c1nc(-c2ccc(C3=CCC(C)CC3)cc2)c(Cl)cc1C)C(C)C. The number of aromatic nitrogens is 1. The molecular weight excluding hydrogens is 412 g/mol. The average molecular weight is 451 g/mol. The summed E-state index contributed by atoms with van der Waals surface area (Å²) in [7, 11) is 0. The Hall–Kier alpha value is -1.93. The number of hydrogen-bond acceptors (Lipinski definition) is 2. The monoisotopic (exact) mass is 450 g/mol. The highest BCUT2D eigenvalue weighted by atomic mass is 35.5. The number of hydrogen-bond donors (Lipinski definition) is 0. The second kappa shape index (κ2) is 11.3. The van der Waals surface area contributed by atoms with Crippen LogP contribution >= 0.6 is 11.6 Å². The number of halogens is 1. The van der Waals surface area contributed by atoms with Crippen molar-refractivity contribution in [1.82, 2.24) is 4.98 Å². The Morgan fingerprint density at radius 1 is 1.12 bits per heavy atom. The maximum Gasteiger partial charge on any atom is 0.155 e. The van der Waals surface area contributed by atoms with Gasteiger partial charge in [-0.2, -0.15) is 0 Å². The zero-order valence-electron chi connectivity index (χ0n) is 20.7. The summed E-state index contributed by atoms with van der Waals surface area (Å²) < 4.78 is 0. The van der Waals surface area contributed by atoms with Gasteiger partial charge >= 0.3 is 0 Å². The molecule has 1 aromatic heterocycles. The molecular formula is C29H39ClN2. The normalized spacial score (nSPS) is 17.2. The van der Waals surface area contributed by atoms with E-state index in [4.69, 9.17) is 21.6 Å². The van der Waals surface area contributed by atoms with Crippen LogP contribution in [0.1, 0.15) is 84.3 Å². The predicted octanol–water partition coefficient (Wildman–Crippen LogP) is 9.47. The minimum atomic E-state index is 0.404. The van der Waals surface area contributed by atoms with E-state index in [1.165, 1.54) is 42.5 Å². The number of benzene rings is 1. The third kappa shape index (κ3) is 6.10. The molecule has 1 aromatic carbocycles. The summed E-state index contributed by atoms with van der Waals surface area (Å²) in [4.78, 5) is 10.00. The summed E-state index contributed by atoms with van der Waals surface area (Å²) in [5, 5.41) is 0.686. The van der Waals surface area contributed by atoms with Gasteiger partial charge in [0.15, 0.2) is 5.82 Å². The Morgan fingerprint density at radius 3 is 2.34 bits per heavy atom. The van der Waals surface area contributed by atoms with Crippen LogP contribution in [-0.4, -0.2) is 10.7 Å². The molecule has 1 heterocycles. The first-order valence-electron chi connectivity index (χ1n) is 12.4. The highest BCUT2D eigenvalue weighted by Gasteiger charge is 2.16. The topological polar surface area (TPSA) is 25.2 Å². The van der Waals surface area contributed by atoms with Crippen molar-refractivity contribution in [1.29, 1.82) is 0 Å². The van der Waals surface area contributed by atoms with E-state index < -0.39 is 0 Å². The van der Waals surface area contributed by atoms with Crippen molar-refractivity contribution < 1.29 is 0 Å². The van der Waals surface area contributed by atoms with Crippen LogP contribution in [0.5, 0.6) is 0 Å². The van der Waals surface area contributed by atoms with Crippen molar-refractivity contribution in [3.63, 3.8) is 0 Å². The van der Waals surface area contributed by atoms with Crippen LogP contribution in [0.25, 0.3) is 16.8 Å². The molecule has 3 heteroatoms. The van der Waals surface area contributed by atoms with E-state index in [2.05, 4.69) is 71.9 Å². The maximum atomic E-state index is 6.65. The van der Waals surface area contributed by atoms with Gasteiger partial charge in [0.1, 0.15) is 0 Å². The Labute approximate surface area is 200 Å². The van der Waals surface area contributed by atoms with Gasteiger partial charge in [0.25, 0.3) is 0 Å². The third-order valence-corrected chi connectivity index (χ3v) is 7.20. The van der Waals surface area contributed by atoms with Gasteiger partial charge in [-0.05, 0) is 73.1 Å². The van der Waals surface area contributed by atoms with Crippen LogP contribution in [0.3, 0.4) is 0 Å². The number of aliphatic imine (C=N–C) groups is 1. The Balaban J connectivity index is 1.92. The van der Waals surface area contributed by atoms with Gasteiger partial charge in [-0.15, -0.1) is 0 Å². The lowest BCUT2D eigenvalue weighted by molar-refractivity contribution is 0.504. The second-order valence-electron chi connectivity index (χ2n) is 9.79. The first-order chi connectivity index (χ1) is 15.3. The molecule has 0 N–H and O–H groups in total. The summed E-state index contributed by atoms with van der Waals surface area (Å²) >= 11 is 6.65. The Morgan fingerprint density at radius 2 is 1.78 bits per heavy atom. The molecule has 3 rings (SSSR count). The van der Waals surface area contributed by atoms with E-state index in [9.17, 15) is 0 Å². The number of aryl methyl sites for hydroxylation is 1.